The Labute approximate surface area is 179 Å². The molecule has 0 aliphatic carbocycles. The maximum atomic E-state index is 12.2. The van der Waals surface area contributed by atoms with E-state index in [2.05, 4.69) is 20.8 Å². The van der Waals surface area contributed by atoms with Gasteiger partial charge in [-0.25, -0.2) is 0 Å². The molecule has 156 valence electrons. The Bertz CT molecular complexity index is 1020. The maximum Gasteiger partial charge on any atom is 0.251 e. The largest absolute Gasteiger partial charge is 0.347 e. The zero-order valence-corrected chi connectivity index (χ0v) is 17.8. The quantitative estimate of drug-likeness (QED) is 0.605. The molecule has 0 unspecified atom stereocenters. The van der Waals surface area contributed by atoms with E-state index in [-0.39, 0.29) is 23.8 Å². The number of halogens is 1. The van der Waals surface area contributed by atoms with Crippen molar-refractivity contribution in [2.24, 2.45) is 0 Å². The highest BCUT2D eigenvalue weighted by molar-refractivity contribution is 6.30. The van der Waals surface area contributed by atoms with Gasteiger partial charge in [0.15, 0.2) is 0 Å². The summed E-state index contributed by atoms with van der Waals surface area (Å²) in [5, 5.41) is 10.2. The second-order valence-electron chi connectivity index (χ2n) is 7.85. The van der Waals surface area contributed by atoms with E-state index in [0.29, 0.717) is 34.4 Å². The second kappa shape index (κ2) is 9.09. The van der Waals surface area contributed by atoms with Crippen molar-refractivity contribution in [3.05, 3.63) is 65.0 Å². The first kappa shape index (κ1) is 21.5. The number of rotatable bonds is 6. The predicted molar refractivity (Wildman–Crippen MR) is 115 cm³/mol. The molecule has 1 heterocycles. The van der Waals surface area contributed by atoms with Gasteiger partial charge >= 0.3 is 0 Å². The van der Waals surface area contributed by atoms with Gasteiger partial charge in [-0.15, -0.1) is 0 Å². The molecule has 0 spiro atoms. The van der Waals surface area contributed by atoms with Gasteiger partial charge in [0.05, 0.1) is 0 Å². The highest BCUT2D eigenvalue weighted by atomic mass is 35.5. The van der Waals surface area contributed by atoms with Gasteiger partial charge in [-0.3, -0.25) is 9.59 Å². The molecule has 0 atom stereocenters. The normalized spacial score (nSPS) is 11.2. The van der Waals surface area contributed by atoms with Crippen molar-refractivity contribution >= 4 is 29.1 Å². The summed E-state index contributed by atoms with van der Waals surface area (Å²) >= 11 is 5.88. The molecule has 3 rings (SSSR count). The van der Waals surface area contributed by atoms with E-state index in [4.69, 9.17) is 16.1 Å². The lowest BCUT2D eigenvalue weighted by atomic mass is 10.1. The Morgan fingerprint density at radius 2 is 1.70 bits per heavy atom. The van der Waals surface area contributed by atoms with Gasteiger partial charge in [0, 0.05) is 40.2 Å². The Morgan fingerprint density at radius 1 is 1.03 bits per heavy atom. The van der Waals surface area contributed by atoms with Crippen molar-refractivity contribution in [3.8, 4) is 11.4 Å². The summed E-state index contributed by atoms with van der Waals surface area (Å²) in [5.74, 6) is 0.483. The molecule has 2 amide bonds. The highest BCUT2D eigenvalue weighted by Crippen LogP contribution is 2.19. The van der Waals surface area contributed by atoms with Gasteiger partial charge in [-0.1, -0.05) is 16.8 Å². The fraction of sp³-hybridized carbons (Fsp3) is 0.273. The van der Waals surface area contributed by atoms with E-state index in [1.807, 2.05) is 20.8 Å². The molecule has 3 aromatic rings. The topological polar surface area (TPSA) is 97.1 Å². The minimum atomic E-state index is -0.313. The molecule has 0 bridgehead atoms. The van der Waals surface area contributed by atoms with Gasteiger partial charge in [0.1, 0.15) is 0 Å². The van der Waals surface area contributed by atoms with E-state index in [0.717, 1.165) is 5.56 Å². The molecule has 0 fully saturated rings. The SMILES string of the molecule is CC(C)(C)NC(=O)c1ccc(NC(=O)CCc2nc(-c3ccc(Cl)cc3)no2)cc1. The molecule has 0 saturated carbocycles. The van der Waals surface area contributed by atoms with Gasteiger partial charge in [0.25, 0.3) is 5.91 Å². The molecule has 2 aromatic carbocycles. The number of aryl methyl sites for hydroxylation is 1. The molecule has 0 aliphatic heterocycles. The second-order valence-corrected chi connectivity index (χ2v) is 8.28. The number of benzene rings is 2. The Hall–Kier alpha value is -3.19. The molecule has 2 N–H and O–H groups in total. The minimum absolute atomic E-state index is 0.159. The van der Waals surface area contributed by atoms with Crippen LogP contribution in [0.3, 0.4) is 0 Å². The van der Waals surface area contributed by atoms with Crippen molar-refractivity contribution < 1.29 is 14.1 Å². The molecule has 7 nitrogen and oxygen atoms in total. The fourth-order valence-corrected chi connectivity index (χ4v) is 2.76. The predicted octanol–water partition coefficient (Wildman–Crippen LogP) is 4.49. The van der Waals surface area contributed by atoms with Crippen molar-refractivity contribution in [2.75, 3.05) is 5.32 Å². The first-order chi connectivity index (χ1) is 14.2. The lowest BCUT2D eigenvalue weighted by Crippen LogP contribution is -2.40. The molecular weight excluding hydrogens is 404 g/mol. The Balaban J connectivity index is 1.51. The maximum absolute atomic E-state index is 12.2. The third-order valence-corrected chi connectivity index (χ3v) is 4.31. The van der Waals surface area contributed by atoms with E-state index in [1.54, 1.807) is 48.5 Å². The number of nitrogens with zero attached hydrogens (tertiary/aromatic N) is 2. The van der Waals surface area contributed by atoms with E-state index in [1.165, 1.54) is 0 Å². The number of nitrogens with one attached hydrogen (secondary N) is 2. The molecule has 0 radical (unpaired) electrons. The van der Waals surface area contributed by atoms with Crippen LogP contribution < -0.4 is 10.6 Å². The van der Waals surface area contributed by atoms with Crippen molar-refractivity contribution in [1.29, 1.82) is 0 Å². The van der Waals surface area contributed by atoms with Crippen LogP contribution in [0.15, 0.2) is 53.1 Å². The van der Waals surface area contributed by atoms with Gasteiger partial charge in [-0.2, -0.15) is 4.98 Å². The summed E-state index contributed by atoms with van der Waals surface area (Å²) in [6.07, 6.45) is 0.507. The van der Waals surface area contributed by atoms with Crippen LogP contribution in [0.4, 0.5) is 5.69 Å². The van der Waals surface area contributed by atoms with E-state index < -0.39 is 0 Å². The number of hydrogen-bond acceptors (Lipinski definition) is 5. The monoisotopic (exact) mass is 426 g/mol. The smallest absolute Gasteiger partial charge is 0.251 e. The first-order valence-corrected chi connectivity index (χ1v) is 9.88. The zero-order chi connectivity index (χ0) is 21.7. The zero-order valence-electron chi connectivity index (χ0n) is 17.0. The number of carbonyl (C=O) groups excluding carboxylic acids is 2. The number of hydrogen-bond donors (Lipinski definition) is 2. The van der Waals surface area contributed by atoms with Crippen LogP contribution in [0.2, 0.25) is 5.02 Å². The average molecular weight is 427 g/mol. The summed E-state index contributed by atoms with van der Waals surface area (Å²) < 4.78 is 5.21. The standard InChI is InChI=1S/C22H23ClN4O3/c1-22(2,3)26-21(29)15-6-10-17(11-7-15)24-18(28)12-13-19-25-20(27-30-19)14-4-8-16(23)9-5-14/h4-11H,12-13H2,1-3H3,(H,24,28)(H,26,29). The van der Waals surface area contributed by atoms with Crippen LogP contribution in [0.5, 0.6) is 0 Å². The lowest BCUT2D eigenvalue weighted by molar-refractivity contribution is -0.116. The summed E-state index contributed by atoms with van der Waals surface area (Å²) in [4.78, 5) is 28.7. The summed E-state index contributed by atoms with van der Waals surface area (Å²) in [5.41, 5.74) is 1.62. The number of anilines is 1. The van der Waals surface area contributed by atoms with Crippen molar-refractivity contribution in [1.82, 2.24) is 15.5 Å². The fourth-order valence-electron chi connectivity index (χ4n) is 2.63. The van der Waals surface area contributed by atoms with E-state index >= 15 is 0 Å². The van der Waals surface area contributed by atoms with Crippen LogP contribution in [0, 0.1) is 0 Å². The summed E-state index contributed by atoms with van der Waals surface area (Å²) in [6, 6.07) is 13.8. The van der Waals surface area contributed by atoms with Gasteiger partial charge < -0.3 is 15.2 Å². The van der Waals surface area contributed by atoms with Gasteiger partial charge in [-0.05, 0) is 69.3 Å². The van der Waals surface area contributed by atoms with Gasteiger partial charge in [0.2, 0.25) is 17.6 Å². The highest BCUT2D eigenvalue weighted by Gasteiger charge is 2.15. The molecule has 0 aliphatic rings. The van der Waals surface area contributed by atoms with Crippen LogP contribution in [0.25, 0.3) is 11.4 Å². The van der Waals surface area contributed by atoms with Crippen LogP contribution >= 0.6 is 11.6 Å². The third kappa shape index (κ3) is 6.15. The third-order valence-electron chi connectivity index (χ3n) is 4.06. The minimum Gasteiger partial charge on any atom is -0.347 e. The first-order valence-electron chi connectivity index (χ1n) is 9.50. The Kier molecular flexibility index (Phi) is 6.52. The summed E-state index contributed by atoms with van der Waals surface area (Å²) in [7, 11) is 0. The lowest BCUT2D eigenvalue weighted by Gasteiger charge is -2.20. The number of amides is 2. The average Bonchev–Trinajstić information content (AvgIpc) is 3.15. The molecular formula is C22H23ClN4O3. The number of aromatic nitrogens is 2. The molecule has 0 saturated heterocycles. The van der Waals surface area contributed by atoms with Crippen LogP contribution in [-0.4, -0.2) is 27.5 Å². The van der Waals surface area contributed by atoms with Crippen LogP contribution in [0.1, 0.15) is 43.4 Å². The molecule has 8 heteroatoms. The van der Waals surface area contributed by atoms with Crippen molar-refractivity contribution in [2.45, 2.75) is 39.2 Å². The number of carbonyl (C=O) groups is 2. The molecule has 1 aromatic heterocycles. The van der Waals surface area contributed by atoms with E-state index in [9.17, 15) is 9.59 Å². The summed E-state index contributed by atoms with van der Waals surface area (Å²) in [6.45, 7) is 5.75. The molecule has 30 heavy (non-hydrogen) atoms. The van der Waals surface area contributed by atoms with Crippen molar-refractivity contribution in [3.63, 3.8) is 0 Å². The Morgan fingerprint density at radius 3 is 2.33 bits per heavy atom. The van der Waals surface area contributed by atoms with Crippen LogP contribution in [-0.2, 0) is 11.2 Å².